The zero-order valence-corrected chi connectivity index (χ0v) is 14.0. The van der Waals surface area contributed by atoms with Crippen molar-refractivity contribution in [3.8, 4) is 17.6 Å². The van der Waals surface area contributed by atoms with Crippen LogP contribution in [-0.4, -0.2) is 19.2 Å². The Labute approximate surface area is 149 Å². The molecule has 0 unspecified atom stereocenters. The summed E-state index contributed by atoms with van der Waals surface area (Å²) in [5, 5.41) is 5.20. The number of urea groups is 1. The van der Waals surface area contributed by atoms with E-state index in [0.717, 1.165) is 17.7 Å². The first-order valence-corrected chi connectivity index (χ1v) is 7.72. The molecular weight excluding hydrogens is 345 g/mol. The van der Waals surface area contributed by atoms with E-state index in [0.29, 0.717) is 5.69 Å². The Morgan fingerprint density at radius 2 is 1.85 bits per heavy atom. The van der Waals surface area contributed by atoms with Crippen LogP contribution in [-0.2, 0) is 6.18 Å². The number of hydrogen-bond donors (Lipinski definition) is 2. The number of ether oxygens (including phenoxy) is 1. The van der Waals surface area contributed by atoms with Crippen molar-refractivity contribution >= 4 is 11.7 Å². The Bertz CT molecular complexity index is 806. The molecule has 2 rings (SSSR count). The number of rotatable bonds is 4. The molecule has 26 heavy (non-hydrogen) atoms. The summed E-state index contributed by atoms with van der Waals surface area (Å²) in [6.07, 6.45) is -4.42. The lowest BCUT2D eigenvalue weighted by molar-refractivity contribution is -0.137. The largest absolute Gasteiger partial charge is 0.481 e. The number of amides is 2. The van der Waals surface area contributed by atoms with Gasteiger partial charge >= 0.3 is 12.2 Å². The maximum absolute atomic E-state index is 12.6. The molecule has 0 spiro atoms. The van der Waals surface area contributed by atoms with Crippen LogP contribution < -0.4 is 15.4 Å². The van der Waals surface area contributed by atoms with E-state index >= 15 is 0 Å². The average molecular weight is 362 g/mol. The molecule has 0 bridgehead atoms. The van der Waals surface area contributed by atoms with E-state index in [9.17, 15) is 18.0 Å². The number of aryl methyl sites for hydroxylation is 1. The van der Waals surface area contributed by atoms with Gasteiger partial charge in [0.25, 0.3) is 0 Å². The van der Waals surface area contributed by atoms with Crippen LogP contribution in [0.5, 0.6) is 5.75 Å². The molecule has 0 aliphatic carbocycles. The third kappa shape index (κ3) is 6.40. The minimum atomic E-state index is -4.42. The normalized spacial score (nSPS) is 10.5. The smallest absolute Gasteiger partial charge is 0.416 e. The first-order valence-electron chi connectivity index (χ1n) is 7.72. The van der Waals surface area contributed by atoms with Crippen LogP contribution in [0.4, 0.5) is 23.7 Å². The summed E-state index contributed by atoms with van der Waals surface area (Å²) in [6, 6.07) is 11.5. The van der Waals surface area contributed by atoms with Gasteiger partial charge in [-0.2, -0.15) is 13.2 Å². The lowest BCUT2D eigenvalue weighted by Gasteiger charge is -2.08. The second-order valence-corrected chi connectivity index (χ2v) is 5.34. The summed E-state index contributed by atoms with van der Waals surface area (Å²) in [5.74, 6) is 5.36. The predicted molar refractivity (Wildman–Crippen MR) is 92.9 cm³/mol. The highest BCUT2D eigenvalue weighted by atomic mass is 19.4. The van der Waals surface area contributed by atoms with Crippen molar-refractivity contribution in [2.75, 3.05) is 18.5 Å². The molecule has 0 fully saturated rings. The maximum atomic E-state index is 12.6. The molecule has 2 amide bonds. The van der Waals surface area contributed by atoms with E-state index in [1.165, 1.54) is 12.1 Å². The molecule has 2 aromatic rings. The summed E-state index contributed by atoms with van der Waals surface area (Å²) >= 11 is 0. The summed E-state index contributed by atoms with van der Waals surface area (Å²) in [5.41, 5.74) is 0.967. The first kappa shape index (κ1) is 19.2. The van der Waals surface area contributed by atoms with E-state index < -0.39 is 17.8 Å². The number of hydrogen-bond acceptors (Lipinski definition) is 2. The van der Waals surface area contributed by atoms with Gasteiger partial charge in [0.1, 0.15) is 12.4 Å². The molecular formula is C19H17F3N2O2. The predicted octanol–water partition coefficient (Wildman–Crippen LogP) is 4.22. The monoisotopic (exact) mass is 362 g/mol. The first-order chi connectivity index (χ1) is 12.3. The maximum Gasteiger partial charge on any atom is 0.416 e. The van der Waals surface area contributed by atoms with Gasteiger partial charge < -0.3 is 15.4 Å². The fourth-order valence-corrected chi connectivity index (χ4v) is 1.93. The molecule has 0 aliphatic rings. The fraction of sp³-hybridized carbons (Fsp3) is 0.211. The minimum Gasteiger partial charge on any atom is -0.481 e. The van der Waals surface area contributed by atoms with Crippen molar-refractivity contribution in [1.29, 1.82) is 0 Å². The Balaban J connectivity index is 1.72. The molecule has 136 valence electrons. The molecule has 0 aliphatic heterocycles. The van der Waals surface area contributed by atoms with Gasteiger partial charge in [-0.15, -0.1) is 0 Å². The Morgan fingerprint density at radius 3 is 2.54 bits per heavy atom. The highest BCUT2D eigenvalue weighted by molar-refractivity contribution is 5.89. The molecule has 0 radical (unpaired) electrons. The molecule has 2 N–H and O–H groups in total. The van der Waals surface area contributed by atoms with Crippen LogP contribution in [0.25, 0.3) is 0 Å². The summed E-state index contributed by atoms with van der Waals surface area (Å²) in [6.45, 7) is 1.95. The fourth-order valence-electron chi connectivity index (χ4n) is 1.93. The van der Waals surface area contributed by atoms with Crippen LogP contribution in [0.3, 0.4) is 0 Å². The van der Waals surface area contributed by atoms with Crippen molar-refractivity contribution < 1.29 is 22.7 Å². The molecule has 0 atom stereocenters. The van der Waals surface area contributed by atoms with Crippen LogP contribution in [0.1, 0.15) is 11.1 Å². The summed E-state index contributed by atoms with van der Waals surface area (Å²) in [7, 11) is 0. The Hall–Kier alpha value is -3.14. The van der Waals surface area contributed by atoms with E-state index in [1.807, 2.05) is 19.1 Å². The molecule has 2 aromatic carbocycles. The molecule has 0 saturated carbocycles. The van der Waals surface area contributed by atoms with E-state index in [1.54, 1.807) is 12.1 Å². The summed E-state index contributed by atoms with van der Waals surface area (Å²) in [4.78, 5) is 11.7. The average Bonchev–Trinajstić information content (AvgIpc) is 2.59. The lowest BCUT2D eigenvalue weighted by Crippen LogP contribution is -2.28. The van der Waals surface area contributed by atoms with Gasteiger partial charge in [-0.1, -0.05) is 35.6 Å². The SMILES string of the molecule is Cc1ccc(NC(=O)NCC#CCOc2cccc(C(F)(F)F)c2)cc1. The number of benzene rings is 2. The molecule has 0 aromatic heterocycles. The quantitative estimate of drug-likeness (QED) is 0.801. The lowest BCUT2D eigenvalue weighted by atomic mass is 10.2. The number of nitrogens with one attached hydrogen (secondary N) is 2. The van der Waals surface area contributed by atoms with E-state index in [2.05, 4.69) is 22.5 Å². The second-order valence-electron chi connectivity index (χ2n) is 5.34. The Kier molecular flexibility index (Phi) is 6.50. The van der Waals surface area contributed by atoms with E-state index in [-0.39, 0.29) is 18.9 Å². The van der Waals surface area contributed by atoms with Crippen molar-refractivity contribution in [1.82, 2.24) is 5.32 Å². The number of alkyl halides is 3. The van der Waals surface area contributed by atoms with Gasteiger partial charge in [0.2, 0.25) is 0 Å². The zero-order valence-electron chi connectivity index (χ0n) is 14.0. The number of carbonyl (C=O) groups excluding carboxylic acids is 1. The van der Waals surface area contributed by atoms with Crippen LogP contribution in [0.2, 0.25) is 0 Å². The van der Waals surface area contributed by atoms with Gasteiger partial charge in [0.05, 0.1) is 12.1 Å². The van der Waals surface area contributed by atoms with Gasteiger partial charge in [-0.3, -0.25) is 0 Å². The highest BCUT2D eigenvalue weighted by Crippen LogP contribution is 2.31. The number of anilines is 1. The summed E-state index contributed by atoms with van der Waals surface area (Å²) < 4.78 is 42.9. The molecule has 4 nitrogen and oxygen atoms in total. The van der Waals surface area contributed by atoms with Crippen molar-refractivity contribution in [3.63, 3.8) is 0 Å². The van der Waals surface area contributed by atoms with Crippen LogP contribution >= 0.6 is 0 Å². The standard InChI is InChI=1S/C19H17F3N2O2/c1-14-7-9-16(10-8-14)24-18(25)23-11-2-3-12-26-17-6-4-5-15(13-17)19(20,21)22/h4-10,13H,11-12H2,1H3,(H2,23,24,25). The van der Waals surface area contributed by atoms with Crippen LogP contribution in [0, 0.1) is 18.8 Å². The second kappa shape index (κ2) is 8.81. The van der Waals surface area contributed by atoms with Crippen molar-refractivity contribution in [2.24, 2.45) is 0 Å². The third-order valence-corrected chi connectivity index (χ3v) is 3.24. The minimum absolute atomic E-state index is 0.0808. The van der Waals surface area contributed by atoms with Gasteiger partial charge in [0.15, 0.2) is 0 Å². The number of halogens is 3. The van der Waals surface area contributed by atoms with Gasteiger partial charge in [-0.25, -0.2) is 4.79 Å². The topological polar surface area (TPSA) is 50.4 Å². The Morgan fingerprint density at radius 1 is 1.12 bits per heavy atom. The highest BCUT2D eigenvalue weighted by Gasteiger charge is 2.30. The van der Waals surface area contributed by atoms with E-state index in [4.69, 9.17) is 4.74 Å². The van der Waals surface area contributed by atoms with Gasteiger partial charge in [0, 0.05) is 5.69 Å². The molecule has 0 heterocycles. The third-order valence-electron chi connectivity index (χ3n) is 3.24. The molecule has 7 heteroatoms. The van der Waals surface area contributed by atoms with Crippen LogP contribution in [0.15, 0.2) is 48.5 Å². The molecule has 0 saturated heterocycles. The number of carbonyl (C=O) groups is 1. The van der Waals surface area contributed by atoms with Crippen molar-refractivity contribution in [2.45, 2.75) is 13.1 Å². The van der Waals surface area contributed by atoms with Crippen molar-refractivity contribution in [3.05, 3.63) is 59.7 Å². The van der Waals surface area contributed by atoms with Gasteiger partial charge in [-0.05, 0) is 37.3 Å². The zero-order chi connectivity index (χ0) is 19.0.